The first-order valence-electron chi connectivity index (χ1n) is 6.75. The molecule has 1 atom stereocenters. The van der Waals surface area contributed by atoms with Gasteiger partial charge in [0.15, 0.2) is 0 Å². The van der Waals surface area contributed by atoms with E-state index in [0.29, 0.717) is 25.1 Å². The van der Waals surface area contributed by atoms with Gasteiger partial charge < -0.3 is 9.64 Å². The molecule has 1 aromatic rings. The van der Waals surface area contributed by atoms with E-state index in [0.717, 1.165) is 0 Å². The lowest BCUT2D eigenvalue weighted by Crippen LogP contribution is -2.45. The van der Waals surface area contributed by atoms with Gasteiger partial charge in [0.05, 0.1) is 7.11 Å². The molecular weight excluding hydrogens is 292 g/mol. The number of sulfonamides is 1. The Morgan fingerprint density at radius 2 is 2.00 bits per heavy atom. The summed E-state index contributed by atoms with van der Waals surface area (Å²) in [6.45, 7) is 0.352. The van der Waals surface area contributed by atoms with Crippen molar-refractivity contribution in [3.05, 3.63) is 24.3 Å². The molecule has 2 rings (SSSR count). The summed E-state index contributed by atoms with van der Waals surface area (Å²) < 4.78 is 32.1. The van der Waals surface area contributed by atoms with Gasteiger partial charge in [-0.1, -0.05) is 12.1 Å². The molecule has 1 aromatic carbocycles. The van der Waals surface area contributed by atoms with Crippen LogP contribution in [0.1, 0.15) is 12.8 Å². The predicted molar refractivity (Wildman–Crippen MR) is 78.6 cm³/mol. The van der Waals surface area contributed by atoms with Crippen molar-refractivity contribution in [3.8, 4) is 5.75 Å². The predicted octanol–water partition coefficient (Wildman–Crippen LogP) is 0.936. The van der Waals surface area contributed by atoms with Crippen LogP contribution in [0.25, 0.3) is 0 Å². The fourth-order valence-corrected chi connectivity index (χ4v) is 4.34. The SMILES string of the molecule is COc1ccccc1S(=O)(=O)N1CCCC1C(=O)N(C)C. The second kappa shape index (κ2) is 6.03. The van der Waals surface area contributed by atoms with E-state index in [4.69, 9.17) is 4.74 Å². The Labute approximate surface area is 125 Å². The summed E-state index contributed by atoms with van der Waals surface area (Å²) in [4.78, 5) is 13.7. The molecule has 1 saturated heterocycles. The van der Waals surface area contributed by atoms with Gasteiger partial charge in [-0.25, -0.2) is 8.42 Å². The van der Waals surface area contributed by atoms with Crippen molar-refractivity contribution < 1.29 is 17.9 Å². The molecule has 1 unspecified atom stereocenters. The maximum atomic E-state index is 12.8. The van der Waals surface area contributed by atoms with Crippen molar-refractivity contribution in [1.82, 2.24) is 9.21 Å². The number of nitrogens with zero attached hydrogens (tertiary/aromatic N) is 2. The lowest BCUT2D eigenvalue weighted by Gasteiger charge is -2.26. The Hall–Kier alpha value is -1.60. The lowest BCUT2D eigenvalue weighted by molar-refractivity contribution is -0.132. The quantitative estimate of drug-likeness (QED) is 0.830. The average Bonchev–Trinajstić information content (AvgIpc) is 2.96. The molecule has 1 fully saturated rings. The smallest absolute Gasteiger partial charge is 0.247 e. The van der Waals surface area contributed by atoms with Gasteiger partial charge in [0.1, 0.15) is 16.7 Å². The number of benzene rings is 1. The van der Waals surface area contributed by atoms with Crippen molar-refractivity contribution >= 4 is 15.9 Å². The molecule has 0 aliphatic carbocycles. The highest BCUT2D eigenvalue weighted by Gasteiger charge is 2.40. The molecule has 116 valence electrons. The van der Waals surface area contributed by atoms with Crippen LogP contribution in [0.2, 0.25) is 0 Å². The number of amides is 1. The van der Waals surface area contributed by atoms with Crippen molar-refractivity contribution in [1.29, 1.82) is 0 Å². The molecule has 1 aliphatic rings. The van der Waals surface area contributed by atoms with E-state index in [1.54, 1.807) is 32.3 Å². The van der Waals surface area contributed by atoms with E-state index in [1.165, 1.54) is 22.4 Å². The first-order valence-corrected chi connectivity index (χ1v) is 8.19. The summed E-state index contributed by atoms with van der Waals surface area (Å²) in [5, 5.41) is 0. The molecule has 0 bridgehead atoms. The molecule has 0 N–H and O–H groups in total. The molecule has 6 nitrogen and oxygen atoms in total. The number of carbonyl (C=O) groups is 1. The molecule has 1 aliphatic heterocycles. The lowest BCUT2D eigenvalue weighted by atomic mass is 10.2. The first-order chi connectivity index (χ1) is 9.89. The number of rotatable bonds is 4. The Kier molecular flexibility index (Phi) is 4.53. The first kappa shape index (κ1) is 15.8. The molecule has 0 radical (unpaired) electrons. The minimum atomic E-state index is -3.75. The highest BCUT2D eigenvalue weighted by atomic mass is 32.2. The minimum absolute atomic E-state index is 0.103. The third-order valence-corrected chi connectivity index (χ3v) is 5.53. The monoisotopic (exact) mass is 312 g/mol. The zero-order valence-electron chi connectivity index (χ0n) is 12.4. The van der Waals surface area contributed by atoms with Crippen LogP contribution in [-0.4, -0.2) is 57.3 Å². The van der Waals surface area contributed by atoms with E-state index in [2.05, 4.69) is 0 Å². The van der Waals surface area contributed by atoms with Crippen molar-refractivity contribution in [2.45, 2.75) is 23.8 Å². The van der Waals surface area contributed by atoms with Crippen LogP contribution in [0.3, 0.4) is 0 Å². The van der Waals surface area contributed by atoms with Crippen LogP contribution >= 0.6 is 0 Å². The van der Waals surface area contributed by atoms with E-state index < -0.39 is 16.1 Å². The minimum Gasteiger partial charge on any atom is -0.495 e. The Morgan fingerprint density at radius 3 is 2.62 bits per heavy atom. The molecule has 7 heteroatoms. The number of hydrogen-bond donors (Lipinski definition) is 0. The number of para-hydroxylation sites is 1. The summed E-state index contributed by atoms with van der Waals surface area (Å²) in [5.74, 6) is 0.103. The maximum absolute atomic E-state index is 12.8. The number of hydrogen-bond acceptors (Lipinski definition) is 4. The molecule has 0 saturated carbocycles. The number of carbonyl (C=O) groups excluding carboxylic acids is 1. The Bertz CT molecular complexity index is 628. The molecule has 0 spiro atoms. The fourth-order valence-electron chi connectivity index (χ4n) is 2.53. The normalized spacial score (nSPS) is 19.5. The average molecular weight is 312 g/mol. The van der Waals surface area contributed by atoms with Crippen LogP contribution in [-0.2, 0) is 14.8 Å². The summed E-state index contributed by atoms with van der Waals surface area (Å²) in [7, 11) is 0.950. The highest BCUT2D eigenvalue weighted by molar-refractivity contribution is 7.89. The summed E-state index contributed by atoms with van der Waals surface area (Å²) in [5.41, 5.74) is 0. The van der Waals surface area contributed by atoms with Gasteiger partial charge in [0.2, 0.25) is 15.9 Å². The number of likely N-dealkylation sites (N-methyl/N-ethyl adjacent to an activating group) is 1. The van der Waals surface area contributed by atoms with E-state index in [-0.39, 0.29) is 10.8 Å². The molecule has 21 heavy (non-hydrogen) atoms. The molecule has 0 aromatic heterocycles. The number of ether oxygens (including phenoxy) is 1. The largest absolute Gasteiger partial charge is 0.495 e. The highest BCUT2D eigenvalue weighted by Crippen LogP contribution is 2.31. The van der Waals surface area contributed by atoms with Gasteiger partial charge in [-0.15, -0.1) is 0 Å². The second-order valence-corrected chi connectivity index (χ2v) is 7.02. The van der Waals surface area contributed by atoms with Crippen LogP contribution in [0.5, 0.6) is 5.75 Å². The summed E-state index contributed by atoms with van der Waals surface area (Å²) >= 11 is 0. The van der Waals surface area contributed by atoms with E-state index in [1.807, 2.05) is 0 Å². The molecule has 1 amide bonds. The third-order valence-electron chi connectivity index (χ3n) is 3.59. The van der Waals surface area contributed by atoms with Gasteiger partial charge in [0, 0.05) is 20.6 Å². The Morgan fingerprint density at radius 1 is 1.33 bits per heavy atom. The van der Waals surface area contributed by atoms with Crippen LogP contribution < -0.4 is 4.74 Å². The Balaban J connectivity index is 2.41. The fraction of sp³-hybridized carbons (Fsp3) is 0.500. The van der Waals surface area contributed by atoms with Crippen LogP contribution in [0.4, 0.5) is 0 Å². The van der Waals surface area contributed by atoms with Crippen LogP contribution in [0, 0.1) is 0 Å². The van der Waals surface area contributed by atoms with Crippen molar-refractivity contribution in [2.24, 2.45) is 0 Å². The topological polar surface area (TPSA) is 66.9 Å². The van der Waals surface area contributed by atoms with Gasteiger partial charge in [-0.3, -0.25) is 4.79 Å². The zero-order chi connectivity index (χ0) is 15.6. The van der Waals surface area contributed by atoms with E-state index >= 15 is 0 Å². The second-order valence-electron chi connectivity index (χ2n) is 5.16. The summed E-state index contributed by atoms with van der Waals surface area (Å²) in [6.07, 6.45) is 1.23. The van der Waals surface area contributed by atoms with Gasteiger partial charge in [-0.2, -0.15) is 4.31 Å². The van der Waals surface area contributed by atoms with Crippen LogP contribution in [0.15, 0.2) is 29.2 Å². The summed E-state index contributed by atoms with van der Waals surface area (Å²) in [6, 6.07) is 5.84. The molecular formula is C14H20N2O4S. The van der Waals surface area contributed by atoms with Gasteiger partial charge in [-0.05, 0) is 25.0 Å². The maximum Gasteiger partial charge on any atom is 0.247 e. The zero-order valence-corrected chi connectivity index (χ0v) is 13.3. The van der Waals surface area contributed by atoms with Gasteiger partial charge in [0.25, 0.3) is 0 Å². The number of methoxy groups -OCH3 is 1. The van der Waals surface area contributed by atoms with Crippen molar-refractivity contribution in [3.63, 3.8) is 0 Å². The van der Waals surface area contributed by atoms with Crippen molar-refractivity contribution in [2.75, 3.05) is 27.7 Å². The van der Waals surface area contributed by atoms with E-state index in [9.17, 15) is 13.2 Å². The standard InChI is InChI=1S/C14H20N2O4S/c1-15(2)14(17)11-7-6-10-16(11)21(18,19)13-9-5-4-8-12(13)20-3/h4-5,8-9,11H,6-7,10H2,1-3H3. The molecule has 1 heterocycles. The third kappa shape index (κ3) is 2.89. The van der Waals surface area contributed by atoms with Gasteiger partial charge >= 0.3 is 0 Å².